The SMILES string of the molecule is CN(CCOc1ccccc1)C(=O)NC1CCN(CC(F)(F)F)C1. The topological polar surface area (TPSA) is 44.8 Å². The first-order chi connectivity index (χ1) is 11.3. The molecular formula is C16H22F3N3O2. The van der Waals surface area contributed by atoms with Crippen LogP contribution in [-0.4, -0.2) is 67.9 Å². The predicted octanol–water partition coefficient (Wildman–Crippen LogP) is 2.34. The number of likely N-dealkylation sites (N-methyl/N-ethyl adjacent to an activating group) is 1. The summed E-state index contributed by atoms with van der Waals surface area (Å²) in [7, 11) is 1.63. The highest BCUT2D eigenvalue weighted by Gasteiger charge is 2.34. The van der Waals surface area contributed by atoms with Crippen molar-refractivity contribution in [2.75, 3.05) is 39.8 Å². The smallest absolute Gasteiger partial charge is 0.401 e. The molecule has 0 saturated carbocycles. The van der Waals surface area contributed by atoms with E-state index in [4.69, 9.17) is 4.74 Å². The van der Waals surface area contributed by atoms with Gasteiger partial charge in [-0.25, -0.2) is 4.79 Å². The number of carbonyl (C=O) groups is 1. The number of para-hydroxylation sites is 1. The van der Waals surface area contributed by atoms with Gasteiger partial charge in [0.15, 0.2) is 0 Å². The summed E-state index contributed by atoms with van der Waals surface area (Å²) in [5.74, 6) is 0.727. The molecule has 1 saturated heterocycles. The van der Waals surface area contributed by atoms with Gasteiger partial charge < -0.3 is 15.0 Å². The van der Waals surface area contributed by atoms with E-state index in [9.17, 15) is 18.0 Å². The second-order valence-electron chi connectivity index (χ2n) is 5.87. The Balaban J connectivity index is 1.66. The van der Waals surface area contributed by atoms with Gasteiger partial charge in [-0.1, -0.05) is 18.2 Å². The lowest BCUT2D eigenvalue weighted by atomic mass is 10.3. The molecule has 1 aromatic rings. The molecule has 1 N–H and O–H groups in total. The second kappa shape index (κ2) is 8.23. The van der Waals surface area contributed by atoms with Gasteiger partial charge in [0.2, 0.25) is 0 Å². The maximum Gasteiger partial charge on any atom is 0.401 e. The fraction of sp³-hybridized carbons (Fsp3) is 0.562. The summed E-state index contributed by atoms with van der Waals surface area (Å²) in [5, 5.41) is 2.77. The Morgan fingerprint density at radius 3 is 2.75 bits per heavy atom. The summed E-state index contributed by atoms with van der Waals surface area (Å²) in [4.78, 5) is 14.8. The van der Waals surface area contributed by atoms with Crippen molar-refractivity contribution >= 4 is 6.03 Å². The molecule has 0 aromatic heterocycles. The molecule has 134 valence electrons. The molecule has 5 nitrogen and oxygen atoms in total. The normalized spacial score (nSPS) is 18.4. The third-order valence-electron chi connectivity index (χ3n) is 3.79. The average molecular weight is 345 g/mol. The van der Waals surface area contributed by atoms with Crippen LogP contribution in [0.4, 0.5) is 18.0 Å². The van der Waals surface area contributed by atoms with E-state index in [0.29, 0.717) is 26.1 Å². The van der Waals surface area contributed by atoms with Crippen LogP contribution in [0.2, 0.25) is 0 Å². The molecule has 0 spiro atoms. The van der Waals surface area contributed by atoms with Gasteiger partial charge in [0, 0.05) is 26.2 Å². The van der Waals surface area contributed by atoms with Gasteiger partial charge in [-0.15, -0.1) is 0 Å². The first-order valence-corrected chi connectivity index (χ1v) is 7.82. The molecule has 2 rings (SSSR count). The molecular weight excluding hydrogens is 323 g/mol. The third-order valence-corrected chi connectivity index (χ3v) is 3.79. The molecule has 0 radical (unpaired) electrons. The molecule has 1 fully saturated rings. The van der Waals surface area contributed by atoms with Crippen LogP contribution < -0.4 is 10.1 Å². The number of hydrogen-bond acceptors (Lipinski definition) is 3. The van der Waals surface area contributed by atoms with E-state index in [1.807, 2.05) is 30.3 Å². The number of likely N-dealkylation sites (tertiary alicyclic amines) is 1. The lowest BCUT2D eigenvalue weighted by Gasteiger charge is -2.22. The predicted molar refractivity (Wildman–Crippen MR) is 84.0 cm³/mol. The van der Waals surface area contributed by atoms with Crippen molar-refractivity contribution in [1.82, 2.24) is 15.1 Å². The summed E-state index contributed by atoms with van der Waals surface area (Å²) in [5.41, 5.74) is 0. The van der Waals surface area contributed by atoms with Gasteiger partial charge in [-0.3, -0.25) is 4.90 Å². The van der Waals surface area contributed by atoms with Crippen molar-refractivity contribution < 1.29 is 22.7 Å². The number of urea groups is 1. The van der Waals surface area contributed by atoms with E-state index in [1.165, 1.54) is 9.80 Å². The second-order valence-corrected chi connectivity index (χ2v) is 5.87. The third kappa shape index (κ3) is 6.27. The Morgan fingerprint density at radius 2 is 2.08 bits per heavy atom. The number of nitrogens with one attached hydrogen (secondary N) is 1. The van der Waals surface area contributed by atoms with Crippen molar-refractivity contribution in [3.8, 4) is 5.75 Å². The van der Waals surface area contributed by atoms with Crippen LogP contribution in [0.1, 0.15) is 6.42 Å². The van der Waals surface area contributed by atoms with Gasteiger partial charge in [0.05, 0.1) is 13.1 Å². The van der Waals surface area contributed by atoms with Crippen molar-refractivity contribution in [2.24, 2.45) is 0 Å². The zero-order valence-electron chi connectivity index (χ0n) is 13.6. The van der Waals surface area contributed by atoms with E-state index in [0.717, 1.165) is 5.75 Å². The van der Waals surface area contributed by atoms with Crippen LogP contribution in [0, 0.1) is 0 Å². The lowest BCUT2D eigenvalue weighted by Crippen LogP contribution is -2.45. The summed E-state index contributed by atoms with van der Waals surface area (Å²) < 4.78 is 42.6. The maximum absolute atomic E-state index is 12.4. The van der Waals surface area contributed by atoms with Crippen molar-refractivity contribution in [1.29, 1.82) is 0 Å². The lowest BCUT2D eigenvalue weighted by molar-refractivity contribution is -0.143. The minimum Gasteiger partial charge on any atom is -0.492 e. The monoisotopic (exact) mass is 345 g/mol. The van der Waals surface area contributed by atoms with Gasteiger partial charge in [-0.05, 0) is 18.6 Å². The van der Waals surface area contributed by atoms with Crippen LogP contribution in [0.15, 0.2) is 30.3 Å². The zero-order chi connectivity index (χ0) is 17.6. The summed E-state index contributed by atoms with van der Waals surface area (Å²) in [6.45, 7) is 0.365. The number of halogens is 3. The number of nitrogens with zero attached hydrogens (tertiary/aromatic N) is 2. The molecule has 2 amide bonds. The zero-order valence-corrected chi connectivity index (χ0v) is 13.6. The highest BCUT2D eigenvalue weighted by Crippen LogP contribution is 2.20. The summed E-state index contributed by atoms with van der Waals surface area (Å²) >= 11 is 0. The number of alkyl halides is 3. The first-order valence-electron chi connectivity index (χ1n) is 7.82. The van der Waals surface area contributed by atoms with Gasteiger partial charge >= 0.3 is 12.2 Å². The maximum atomic E-state index is 12.4. The average Bonchev–Trinajstić information content (AvgIpc) is 2.93. The van der Waals surface area contributed by atoms with Crippen LogP contribution in [0.25, 0.3) is 0 Å². The Morgan fingerprint density at radius 1 is 1.38 bits per heavy atom. The molecule has 1 heterocycles. The molecule has 1 aromatic carbocycles. The van der Waals surface area contributed by atoms with E-state index >= 15 is 0 Å². The number of carbonyl (C=O) groups excluding carboxylic acids is 1. The first kappa shape index (κ1) is 18.4. The molecule has 1 atom stereocenters. The molecule has 0 bridgehead atoms. The highest BCUT2D eigenvalue weighted by atomic mass is 19.4. The summed E-state index contributed by atoms with van der Waals surface area (Å²) in [6, 6.07) is 8.71. The quantitative estimate of drug-likeness (QED) is 0.861. The standard InChI is InChI=1S/C16H22F3N3O2/c1-21(9-10-24-14-5-3-2-4-6-14)15(23)20-13-7-8-22(11-13)12-16(17,18)19/h2-6,13H,7-12H2,1H3,(H,20,23). The van der Waals surface area contributed by atoms with E-state index < -0.39 is 12.7 Å². The summed E-state index contributed by atoms with van der Waals surface area (Å²) in [6.07, 6.45) is -3.68. The van der Waals surface area contributed by atoms with Crippen LogP contribution >= 0.6 is 0 Å². The Bertz CT molecular complexity index is 525. The fourth-order valence-electron chi connectivity index (χ4n) is 2.55. The van der Waals surface area contributed by atoms with E-state index in [2.05, 4.69) is 5.32 Å². The van der Waals surface area contributed by atoms with E-state index in [-0.39, 0.29) is 18.6 Å². The fourth-order valence-corrected chi connectivity index (χ4v) is 2.55. The number of rotatable bonds is 6. The van der Waals surface area contributed by atoms with Crippen LogP contribution in [-0.2, 0) is 0 Å². The van der Waals surface area contributed by atoms with Gasteiger partial charge in [0.1, 0.15) is 12.4 Å². The van der Waals surface area contributed by atoms with E-state index in [1.54, 1.807) is 7.05 Å². The Labute approximate surface area is 139 Å². The van der Waals surface area contributed by atoms with Crippen molar-refractivity contribution in [3.05, 3.63) is 30.3 Å². The molecule has 1 aliphatic heterocycles. The minimum absolute atomic E-state index is 0.222. The van der Waals surface area contributed by atoms with Gasteiger partial charge in [-0.2, -0.15) is 13.2 Å². The number of hydrogen-bond donors (Lipinski definition) is 1. The van der Waals surface area contributed by atoms with Crippen molar-refractivity contribution in [3.63, 3.8) is 0 Å². The Hall–Kier alpha value is -1.96. The number of ether oxygens (including phenoxy) is 1. The molecule has 1 aliphatic rings. The van der Waals surface area contributed by atoms with Crippen molar-refractivity contribution in [2.45, 2.75) is 18.6 Å². The van der Waals surface area contributed by atoms with Crippen LogP contribution in [0.3, 0.4) is 0 Å². The molecule has 0 aliphatic carbocycles. The van der Waals surface area contributed by atoms with Gasteiger partial charge in [0.25, 0.3) is 0 Å². The minimum atomic E-state index is -4.20. The molecule has 8 heteroatoms. The molecule has 1 unspecified atom stereocenters. The Kier molecular flexibility index (Phi) is 6.30. The molecule has 24 heavy (non-hydrogen) atoms. The van der Waals surface area contributed by atoms with Crippen LogP contribution in [0.5, 0.6) is 5.75 Å². The number of amides is 2. The largest absolute Gasteiger partial charge is 0.492 e. The highest BCUT2D eigenvalue weighted by molar-refractivity contribution is 5.74. The number of benzene rings is 1.